The number of hydrogen-bond donors (Lipinski definition) is 4. The van der Waals surface area contributed by atoms with Crippen LogP contribution in [0, 0.1) is 5.92 Å². The predicted octanol–water partition coefficient (Wildman–Crippen LogP) is -1.41. The lowest BCUT2D eigenvalue weighted by molar-refractivity contribution is -0.191. The summed E-state index contributed by atoms with van der Waals surface area (Å²) in [4.78, 5) is 16.2. The molecule has 16 heavy (non-hydrogen) atoms. The predicted molar refractivity (Wildman–Crippen MR) is 58.2 cm³/mol. The SMILES string of the molecule is NC[C@H]1C[C@H](CCCB(O)O)CN1.O=C=O. The summed E-state index contributed by atoms with van der Waals surface area (Å²) in [5.41, 5.74) is 5.53. The Kier molecular flexibility index (Phi) is 9.08. The molecule has 1 saturated heterocycles. The molecule has 0 aromatic rings. The summed E-state index contributed by atoms with van der Waals surface area (Å²) >= 11 is 0. The van der Waals surface area contributed by atoms with Crippen molar-refractivity contribution in [3.63, 3.8) is 0 Å². The lowest BCUT2D eigenvalue weighted by Gasteiger charge is -2.07. The second kappa shape index (κ2) is 9.51. The molecule has 1 aliphatic rings. The first-order valence-corrected chi connectivity index (χ1v) is 5.42. The average Bonchev–Trinajstić information content (AvgIpc) is 2.66. The molecule has 1 aliphatic heterocycles. The largest absolute Gasteiger partial charge is 0.451 e. The number of carbonyl (C=O) groups excluding carboxylic acids is 2. The van der Waals surface area contributed by atoms with Crippen LogP contribution in [-0.2, 0) is 9.59 Å². The molecule has 7 heteroatoms. The Balaban J connectivity index is 0.000000673. The molecule has 1 heterocycles. The second-order valence-electron chi connectivity index (χ2n) is 3.94. The van der Waals surface area contributed by atoms with Crippen LogP contribution in [-0.4, -0.2) is 42.4 Å². The first-order valence-electron chi connectivity index (χ1n) is 5.42. The third-order valence-electron chi connectivity index (χ3n) is 2.67. The standard InChI is InChI=1S/C8H19BN2O2.CO2/c10-5-8-4-7(6-11-8)2-1-3-9(12)13;2-1-3/h7-8,11-13H,1-6,10H2;/t7-,8+;/m0./s1. The third kappa shape index (κ3) is 7.56. The van der Waals surface area contributed by atoms with Crippen molar-refractivity contribution in [2.24, 2.45) is 11.7 Å². The maximum atomic E-state index is 8.64. The molecule has 0 radical (unpaired) electrons. The minimum atomic E-state index is -1.14. The van der Waals surface area contributed by atoms with Crippen LogP contribution < -0.4 is 11.1 Å². The van der Waals surface area contributed by atoms with Gasteiger partial charge in [-0.05, 0) is 31.6 Å². The molecule has 0 spiro atoms. The maximum absolute atomic E-state index is 8.64. The molecule has 0 aromatic heterocycles. The fraction of sp³-hybridized carbons (Fsp3) is 0.889. The van der Waals surface area contributed by atoms with E-state index in [9.17, 15) is 0 Å². The van der Waals surface area contributed by atoms with Crippen LogP contribution >= 0.6 is 0 Å². The quantitative estimate of drug-likeness (QED) is 0.432. The Hall–Kier alpha value is -0.715. The Labute approximate surface area is 95.4 Å². The molecular formula is C9H19BN2O4. The molecule has 0 saturated carbocycles. The molecule has 0 bridgehead atoms. The lowest BCUT2D eigenvalue weighted by atomic mass is 9.82. The molecule has 5 N–H and O–H groups in total. The molecular weight excluding hydrogens is 211 g/mol. The van der Waals surface area contributed by atoms with Crippen molar-refractivity contribution in [1.29, 1.82) is 0 Å². The zero-order valence-electron chi connectivity index (χ0n) is 9.26. The van der Waals surface area contributed by atoms with Gasteiger partial charge in [-0.1, -0.05) is 6.42 Å². The van der Waals surface area contributed by atoms with Crippen LogP contribution in [0.5, 0.6) is 0 Å². The van der Waals surface area contributed by atoms with Gasteiger partial charge in [-0.2, -0.15) is 9.59 Å². The fourth-order valence-electron chi connectivity index (χ4n) is 1.89. The first-order chi connectivity index (χ1) is 7.63. The van der Waals surface area contributed by atoms with Crippen molar-refractivity contribution in [3.8, 4) is 0 Å². The Bertz CT molecular complexity index is 210. The lowest BCUT2D eigenvalue weighted by Crippen LogP contribution is -2.29. The number of hydrogen-bond acceptors (Lipinski definition) is 6. The minimum absolute atomic E-state index is 0.250. The van der Waals surface area contributed by atoms with Crippen molar-refractivity contribution in [2.75, 3.05) is 13.1 Å². The molecule has 0 amide bonds. The Morgan fingerprint density at radius 2 is 2.06 bits per heavy atom. The smallest absolute Gasteiger partial charge is 0.427 e. The average molecular weight is 230 g/mol. The normalized spacial score (nSPS) is 23.2. The maximum Gasteiger partial charge on any atom is 0.451 e. The molecule has 1 fully saturated rings. The molecule has 2 atom stereocenters. The van der Waals surface area contributed by atoms with Gasteiger partial charge in [0.25, 0.3) is 0 Å². The first kappa shape index (κ1) is 15.3. The van der Waals surface area contributed by atoms with Crippen molar-refractivity contribution >= 4 is 13.3 Å². The number of nitrogens with two attached hydrogens (primary N) is 1. The van der Waals surface area contributed by atoms with E-state index in [0.717, 1.165) is 25.8 Å². The third-order valence-corrected chi connectivity index (χ3v) is 2.67. The van der Waals surface area contributed by atoms with Gasteiger partial charge in [0.1, 0.15) is 0 Å². The summed E-state index contributed by atoms with van der Waals surface area (Å²) in [6, 6.07) is 0.476. The topological polar surface area (TPSA) is 113 Å². The van der Waals surface area contributed by atoms with Gasteiger partial charge in [-0.15, -0.1) is 0 Å². The van der Waals surface area contributed by atoms with E-state index in [1.54, 1.807) is 0 Å². The van der Waals surface area contributed by atoms with Crippen LogP contribution in [0.2, 0.25) is 6.32 Å². The van der Waals surface area contributed by atoms with Crippen molar-refractivity contribution in [1.82, 2.24) is 5.32 Å². The zero-order chi connectivity index (χ0) is 12.4. The summed E-state index contributed by atoms with van der Waals surface area (Å²) in [7, 11) is -1.14. The minimum Gasteiger partial charge on any atom is -0.427 e. The summed E-state index contributed by atoms with van der Waals surface area (Å²) < 4.78 is 0. The summed E-state index contributed by atoms with van der Waals surface area (Å²) in [5.74, 6) is 0.673. The van der Waals surface area contributed by atoms with Crippen LogP contribution in [0.25, 0.3) is 0 Å². The van der Waals surface area contributed by atoms with Gasteiger partial charge in [0, 0.05) is 12.6 Å². The van der Waals surface area contributed by atoms with Crippen molar-refractivity contribution < 1.29 is 19.6 Å². The zero-order valence-corrected chi connectivity index (χ0v) is 9.26. The van der Waals surface area contributed by atoms with Gasteiger partial charge < -0.3 is 21.1 Å². The molecule has 0 unspecified atom stereocenters. The summed E-state index contributed by atoms with van der Waals surface area (Å²) in [6.45, 7) is 1.74. The van der Waals surface area contributed by atoms with Gasteiger partial charge in [0.15, 0.2) is 0 Å². The van der Waals surface area contributed by atoms with E-state index >= 15 is 0 Å². The Morgan fingerprint density at radius 1 is 1.44 bits per heavy atom. The molecule has 92 valence electrons. The molecule has 0 aliphatic carbocycles. The molecule has 6 nitrogen and oxygen atoms in total. The summed E-state index contributed by atoms with van der Waals surface area (Å²) in [5, 5.41) is 20.6. The highest BCUT2D eigenvalue weighted by atomic mass is 16.4. The van der Waals surface area contributed by atoms with E-state index in [1.165, 1.54) is 0 Å². The van der Waals surface area contributed by atoms with Gasteiger partial charge in [0.05, 0.1) is 0 Å². The number of nitrogens with one attached hydrogen (secondary N) is 1. The van der Waals surface area contributed by atoms with Crippen LogP contribution in [0.4, 0.5) is 0 Å². The van der Waals surface area contributed by atoms with Gasteiger partial charge >= 0.3 is 13.3 Å². The van der Waals surface area contributed by atoms with E-state index in [1.807, 2.05) is 0 Å². The van der Waals surface area contributed by atoms with Gasteiger partial charge in [-0.25, -0.2) is 0 Å². The van der Waals surface area contributed by atoms with Gasteiger partial charge in [0.2, 0.25) is 0 Å². The fourth-order valence-corrected chi connectivity index (χ4v) is 1.89. The monoisotopic (exact) mass is 230 g/mol. The highest BCUT2D eigenvalue weighted by Crippen LogP contribution is 2.19. The molecule has 1 rings (SSSR count). The van der Waals surface area contributed by atoms with Crippen molar-refractivity contribution in [3.05, 3.63) is 0 Å². The summed E-state index contributed by atoms with van der Waals surface area (Å²) in [6.07, 6.45) is 3.84. The second-order valence-corrected chi connectivity index (χ2v) is 3.94. The van der Waals surface area contributed by atoms with E-state index < -0.39 is 7.12 Å². The van der Waals surface area contributed by atoms with Crippen LogP contribution in [0.1, 0.15) is 19.3 Å². The van der Waals surface area contributed by atoms with Crippen LogP contribution in [0.15, 0.2) is 0 Å². The van der Waals surface area contributed by atoms with Crippen LogP contribution in [0.3, 0.4) is 0 Å². The molecule has 0 aromatic carbocycles. The van der Waals surface area contributed by atoms with E-state index in [-0.39, 0.29) is 6.15 Å². The van der Waals surface area contributed by atoms with E-state index in [2.05, 4.69) is 5.32 Å². The van der Waals surface area contributed by atoms with E-state index in [0.29, 0.717) is 24.8 Å². The number of rotatable bonds is 5. The Morgan fingerprint density at radius 3 is 2.50 bits per heavy atom. The highest BCUT2D eigenvalue weighted by molar-refractivity contribution is 6.40. The highest BCUT2D eigenvalue weighted by Gasteiger charge is 2.22. The van der Waals surface area contributed by atoms with E-state index in [4.69, 9.17) is 25.4 Å². The van der Waals surface area contributed by atoms with Crippen molar-refractivity contribution in [2.45, 2.75) is 31.6 Å². The van der Waals surface area contributed by atoms with Gasteiger partial charge in [-0.3, -0.25) is 0 Å².